The molecule has 0 amide bonds. The minimum Gasteiger partial charge on any atom is -0.366 e. The van der Waals surface area contributed by atoms with E-state index in [1.165, 1.54) is 0 Å². The monoisotopic (exact) mass is 246 g/mol. The van der Waals surface area contributed by atoms with E-state index in [0.29, 0.717) is 0 Å². The maximum Gasteiger partial charge on any atom is 0.139 e. The Bertz CT molecular complexity index is 422. The van der Waals surface area contributed by atoms with Gasteiger partial charge in [-0.2, -0.15) is 17.0 Å². The first-order valence-electron chi connectivity index (χ1n) is 5.92. The predicted octanol–water partition coefficient (Wildman–Crippen LogP) is 3.52. The lowest BCUT2D eigenvalue weighted by Gasteiger charge is -2.46. The molecule has 0 saturated carbocycles. The molecular weight excluding hydrogens is 228 g/mol. The van der Waals surface area contributed by atoms with E-state index < -0.39 is 5.54 Å². The Morgan fingerprint density at radius 1 is 1.29 bits per heavy atom. The van der Waals surface area contributed by atoms with Crippen LogP contribution in [-0.2, 0) is 0 Å². The van der Waals surface area contributed by atoms with Gasteiger partial charge in [0.05, 0.1) is 6.07 Å². The van der Waals surface area contributed by atoms with Gasteiger partial charge in [-0.3, -0.25) is 0 Å². The van der Waals surface area contributed by atoms with E-state index in [-0.39, 0.29) is 5.41 Å². The third kappa shape index (κ3) is 2.28. The number of benzene rings is 1. The number of nitrogens with one attached hydrogen (secondary N) is 1. The van der Waals surface area contributed by atoms with Crippen LogP contribution in [0.5, 0.6) is 0 Å². The minimum atomic E-state index is -0.461. The van der Waals surface area contributed by atoms with Gasteiger partial charge in [-0.05, 0) is 24.3 Å². The number of hydrogen-bond donors (Lipinski definition) is 1. The van der Waals surface area contributed by atoms with Crippen LogP contribution < -0.4 is 5.32 Å². The molecular formula is C14H18N2S. The van der Waals surface area contributed by atoms with Gasteiger partial charge in [0.2, 0.25) is 0 Å². The summed E-state index contributed by atoms with van der Waals surface area (Å²) in [5.74, 6) is 2.00. The van der Waals surface area contributed by atoms with Crippen LogP contribution in [0.3, 0.4) is 0 Å². The summed E-state index contributed by atoms with van der Waals surface area (Å²) in [4.78, 5) is 0. The van der Waals surface area contributed by atoms with E-state index in [9.17, 15) is 5.26 Å². The van der Waals surface area contributed by atoms with Gasteiger partial charge in [0.1, 0.15) is 5.54 Å². The molecule has 0 bridgehead atoms. The molecule has 17 heavy (non-hydrogen) atoms. The summed E-state index contributed by atoms with van der Waals surface area (Å²) in [5, 5.41) is 13.1. The zero-order chi connectivity index (χ0) is 12.4. The van der Waals surface area contributed by atoms with Crippen molar-refractivity contribution >= 4 is 17.4 Å². The zero-order valence-corrected chi connectivity index (χ0v) is 11.2. The van der Waals surface area contributed by atoms with Gasteiger partial charge in [0.15, 0.2) is 0 Å². The third-order valence-electron chi connectivity index (χ3n) is 3.67. The number of anilines is 1. The Balaban J connectivity index is 2.29. The highest BCUT2D eigenvalue weighted by Crippen LogP contribution is 2.43. The fraction of sp³-hybridized carbons (Fsp3) is 0.500. The third-order valence-corrected chi connectivity index (χ3v) is 4.80. The summed E-state index contributed by atoms with van der Waals surface area (Å²) >= 11 is 1.86. The highest BCUT2D eigenvalue weighted by atomic mass is 32.2. The van der Waals surface area contributed by atoms with Crippen LogP contribution in [0.1, 0.15) is 20.3 Å². The molecule has 1 unspecified atom stereocenters. The van der Waals surface area contributed by atoms with Crippen molar-refractivity contribution in [3.63, 3.8) is 0 Å². The second-order valence-electron chi connectivity index (χ2n) is 5.19. The molecule has 90 valence electrons. The molecule has 1 aliphatic rings. The van der Waals surface area contributed by atoms with Crippen LogP contribution in [0, 0.1) is 16.7 Å². The van der Waals surface area contributed by atoms with Gasteiger partial charge in [-0.25, -0.2) is 0 Å². The predicted molar refractivity (Wildman–Crippen MR) is 74.1 cm³/mol. The molecule has 1 saturated heterocycles. The number of para-hydroxylation sites is 1. The summed E-state index contributed by atoms with van der Waals surface area (Å²) < 4.78 is 0. The van der Waals surface area contributed by atoms with Crippen molar-refractivity contribution in [1.29, 1.82) is 5.26 Å². The van der Waals surface area contributed by atoms with Gasteiger partial charge < -0.3 is 5.32 Å². The highest BCUT2D eigenvalue weighted by Gasteiger charge is 2.47. The van der Waals surface area contributed by atoms with E-state index in [2.05, 4.69) is 25.2 Å². The fourth-order valence-corrected chi connectivity index (χ4v) is 3.78. The molecule has 3 heteroatoms. The molecule has 2 nitrogen and oxygen atoms in total. The highest BCUT2D eigenvalue weighted by molar-refractivity contribution is 7.99. The van der Waals surface area contributed by atoms with Gasteiger partial charge in [0, 0.05) is 16.9 Å². The average molecular weight is 246 g/mol. The Hall–Kier alpha value is -1.14. The van der Waals surface area contributed by atoms with Crippen molar-refractivity contribution in [3.05, 3.63) is 30.3 Å². The molecule has 1 N–H and O–H groups in total. The van der Waals surface area contributed by atoms with Crippen LogP contribution in [-0.4, -0.2) is 17.0 Å². The number of rotatable bonds is 2. The number of thioether (sulfide) groups is 1. The number of nitrogens with zero attached hydrogens (tertiary/aromatic N) is 1. The summed E-state index contributed by atoms with van der Waals surface area (Å²) in [6.07, 6.45) is 1.07. The second-order valence-corrected chi connectivity index (χ2v) is 6.30. The molecule has 1 aliphatic heterocycles. The smallest absolute Gasteiger partial charge is 0.139 e. The molecule has 1 aromatic rings. The Morgan fingerprint density at radius 3 is 2.59 bits per heavy atom. The first-order chi connectivity index (χ1) is 8.10. The quantitative estimate of drug-likeness (QED) is 0.867. The molecule has 1 fully saturated rings. The largest absolute Gasteiger partial charge is 0.366 e. The SMILES string of the molecule is CC1(C)CCSCC1(C#N)Nc1ccccc1. The van der Waals surface area contributed by atoms with Crippen LogP contribution in [0.25, 0.3) is 0 Å². The maximum absolute atomic E-state index is 9.61. The van der Waals surface area contributed by atoms with Crippen molar-refractivity contribution in [3.8, 4) is 6.07 Å². The molecule has 1 atom stereocenters. The van der Waals surface area contributed by atoms with E-state index in [0.717, 1.165) is 23.6 Å². The van der Waals surface area contributed by atoms with Crippen molar-refractivity contribution in [2.45, 2.75) is 25.8 Å². The van der Waals surface area contributed by atoms with Crippen LogP contribution in [0.2, 0.25) is 0 Å². The molecule has 2 rings (SSSR count). The average Bonchev–Trinajstić information content (AvgIpc) is 2.33. The fourth-order valence-electron chi connectivity index (χ4n) is 2.15. The zero-order valence-electron chi connectivity index (χ0n) is 10.4. The lowest BCUT2D eigenvalue weighted by atomic mass is 9.71. The molecule has 1 heterocycles. The standard InChI is InChI=1S/C14H18N2S/c1-13(2)8-9-17-11-14(13,10-15)16-12-6-4-3-5-7-12/h3-7,16H,8-9,11H2,1-2H3. The van der Waals surface area contributed by atoms with Gasteiger partial charge in [-0.15, -0.1) is 0 Å². The number of nitriles is 1. The van der Waals surface area contributed by atoms with Crippen molar-refractivity contribution in [2.24, 2.45) is 5.41 Å². The van der Waals surface area contributed by atoms with E-state index in [4.69, 9.17) is 0 Å². The van der Waals surface area contributed by atoms with E-state index in [1.54, 1.807) is 0 Å². The van der Waals surface area contributed by atoms with Gasteiger partial charge >= 0.3 is 0 Å². The molecule has 0 spiro atoms. The molecule has 1 aromatic carbocycles. The van der Waals surface area contributed by atoms with Crippen molar-refractivity contribution in [2.75, 3.05) is 16.8 Å². The lowest BCUT2D eigenvalue weighted by Crippen LogP contribution is -2.54. The van der Waals surface area contributed by atoms with E-state index >= 15 is 0 Å². The first-order valence-corrected chi connectivity index (χ1v) is 7.07. The lowest BCUT2D eigenvalue weighted by molar-refractivity contribution is 0.248. The van der Waals surface area contributed by atoms with Crippen molar-refractivity contribution in [1.82, 2.24) is 0 Å². The summed E-state index contributed by atoms with van der Waals surface area (Å²) in [7, 11) is 0. The van der Waals surface area contributed by atoms with E-state index in [1.807, 2.05) is 42.1 Å². The summed E-state index contributed by atoms with van der Waals surface area (Å²) in [5.41, 5.74) is 0.574. The number of hydrogen-bond acceptors (Lipinski definition) is 3. The Labute approximate surface area is 107 Å². The molecule has 0 radical (unpaired) electrons. The normalized spacial score (nSPS) is 27.1. The topological polar surface area (TPSA) is 35.8 Å². The van der Waals surface area contributed by atoms with Gasteiger partial charge in [0.25, 0.3) is 0 Å². The second kappa shape index (κ2) is 4.62. The summed E-state index contributed by atoms with van der Waals surface area (Å²) in [6, 6.07) is 12.6. The molecule has 0 aliphatic carbocycles. The van der Waals surface area contributed by atoms with Crippen LogP contribution in [0.15, 0.2) is 30.3 Å². The van der Waals surface area contributed by atoms with Gasteiger partial charge in [-0.1, -0.05) is 32.0 Å². The first kappa shape index (κ1) is 12.3. The Kier molecular flexibility index (Phi) is 3.35. The van der Waals surface area contributed by atoms with Crippen LogP contribution in [0.4, 0.5) is 5.69 Å². The maximum atomic E-state index is 9.61. The summed E-state index contributed by atoms with van der Waals surface area (Å²) in [6.45, 7) is 4.37. The minimum absolute atomic E-state index is 0.00282. The Morgan fingerprint density at radius 2 is 2.00 bits per heavy atom. The van der Waals surface area contributed by atoms with Crippen molar-refractivity contribution < 1.29 is 0 Å². The van der Waals surface area contributed by atoms with Crippen LogP contribution >= 0.6 is 11.8 Å². The molecule has 0 aromatic heterocycles.